The molecule has 1 aromatic heterocycles. The van der Waals surface area contributed by atoms with Crippen LogP contribution in [-0.4, -0.2) is 45.7 Å². The summed E-state index contributed by atoms with van der Waals surface area (Å²) in [4.78, 5) is 18.3. The molecule has 0 radical (unpaired) electrons. The SMILES string of the molecule is CN(C)C(O)c1cccc(C(NC(=O)c2nccc(C(F)(F)F)c2Cl)C2(O)CCCC2)c1. The summed E-state index contributed by atoms with van der Waals surface area (Å²) >= 11 is 5.87. The first-order chi connectivity index (χ1) is 14.9. The van der Waals surface area contributed by atoms with Crippen LogP contribution in [0.2, 0.25) is 5.02 Å². The first-order valence-corrected chi connectivity index (χ1v) is 10.5. The number of benzene rings is 1. The predicted octanol–water partition coefficient (Wildman–Crippen LogP) is 4.08. The number of pyridine rings is 1. The molecule has 2 unspecified atom stereocenters. The van der Waals surface area contributed by atoms with Gasteiger partial charge in [0.1, 0.15) is 11.9 Å². The topological polar surface area (TPSA) is 85.7 Å². The summed E-state index contributed by atoms with van der Waals surface area (Å²) in [5.74, 6) is -0.926. The number of amides is 1. The molecule has 2 atom stereocenters. The molecule has 1 saturated carbocycles. The maximum absolute atomic E-state index is 13.2. The van der Waals surface area contributed by atoms with Crippen molar-refractivity contribution in [1.82, 2.24) is 15.2 Å². The van der Waals surface area contributed by atoms with Gasteiger partial charge in [0.05, 0.1) is 22.2 Å². The van der Waals surface area contributed by atoms with Gasteiger partial charge in [-0.25, -0.2) is 4.98 Å². The summed E-state index contributed by atoms with van der Waals surface area (Å²) < 4.78 is 39.6. The van der Waals surface area contributed by atoms with E-state index >= 15 is 0 Å². The minimum absolute atomic E-state index is 0.405. The number of hydrogen-bond acceptors (Lipinski definition) is 5. The Kier molecular flexibility index (Phi) is 7.14. The summed E-state index contributed by atoms with van der Waals surface area (Å²) in [6.07, 6.45) is -2.49. The second-order valence-corrected chi connectivity index (χ2v) is 8.62. The number of aromatic nitrogens is 1. The third-order valence-corrected chi connectivity index (χ3v) is 6.11. The fraction of sp³-hybridized carbons (Fsp3) is 0.455. The Balaban J connectivity index is 1.99. The lowest BCUT2D eigenvalue weighted by Crippen LogP contribution is -2.44. The van der Waals surface area contributed by atoms with Crippen LogP contribution in [0, 0.1) is 0 Å². The molecule has 6 nitrogen and oxygen atoms in total. The van der Waals surface area contributed by atoms with Crippen molar-refractivity contribution in [2.24, 2.45) is 0 Å². The highest BCUT2D eigenvalue weighted by molar-refractivity contribution is 6.34. The van der Waals surface area contributed by atoms with E-state index in [1.807, 2.05) is 0 Å². The van der Waals surface area contributed by atoms with E-state index in [4.69, 9.17) is 11.6 Å². The molecule has 1 aliphatic rings. The zero-order valence-corrected chi connectivity index (χ0v) is 18.4. The summed E-state index contributed by atoms with van der Waals surface area (Å²) in [5, 5.41) is 23.5. The largest absolute Gasteiger partial charge is 0.417 e. The van der Waals surface area contributed by atoms with E-state index in [0.717, 1.165) is 19.0 Å². The number of aliphatic hydroxyl groups is 2. The zero-order chi connectivity index (χ0) is 23.7. The van der Waals surface area contributed by atoms with Crippen LogP contribution in [0.5, 0.6) is 0 Å². The van der Waals surface area contributed by atoms with E-state index in [0.29, 0.717) is 30.0 Å². The highest BCUT2D eigenvalue weighted by Gasteiger charge is 2.42. The molecule has 174 valence electrons. The Morgan fingerprint density at radius 3 is 2.44 bits per heavy atom. The Hall–Kier alpha value is -2.20. The molecule has 32 heavy (non-hydrogen) atoms. The Bertz CT molecular complexity index is 978. The highest BCUT2D eigenvalue weighted by Crippen LogP contribution is 2.41. The van der Waals surface area contributed by atoms with E-state index in [1.54, 1.807) is 43.3 Å². The summed E-state index contributed by atoms with van der Waals surface area (Å²) in [6.45, 7) is 0. The Labute approximate surface area is 189 Å². The third kappa shape index (κ3) is 5.06. The summed E-state index contributed by atoms with van der Waals surface area (Å²) in [7, 11) is 3.39. The van der Waals surface area contributed by atoms with E-state index in [1.165, 1.54) is 0 Å². The van der Waals surface area contributed by atoms with Gasteiger partial charge in [0.2, 0.25) is 0 Å². The molecule has 1 amide bonds. The Morgan fingerprint density at radius 2 is 1.84 bits per heavy atom. The third-order valence-electron chi connectivity index (χ3n) is 5.72. The molecule has 0 bridgehead atoms. The van der Waals surface area contributed by atoms with Gasteiger partial charge in [0.15, 0.2) is 0 Å². The van der Waals surface area contributed by atoms with Crippen molar-refractivity contribution in [3.05, 3.63) is 63.9 Å². The molecule has 3 N–H and O–H groups in total. The molecule has 0 aliphatic heterocycles. The van der Waals surface area contributed by atoms with E-state index in [9.17, 15) is 28.2 Å². The van der Waals surface area contributed by atoms with Crippen LogP contribution in [0.4, 0.5) is 13.2 Å². The number of nitrogens with zero attached hydrogens (tertiary/aromatic N) is 2. The monoisotopic (exact) mass is 471 g/mol. The number of halogens is 4. The molecular formula is C22H25ClF3N3O3. The van der Waals surface area contributed by atoms with Crippen LogP contribution in [0.15, 0.2) is 36.5 Å². The van der Waals surface area contributed by atoms with Gasteiger partial charge in [-0.05, 0) is 50.2 Å². The van der Waals surface area contributed by atoms with E-state index in [-0.39, 0.29) is 0 Å². The Morgan fingerprint density at radius 1 is 1.22 bits per heavy atom. The second kappa shape index (κ2) is 9.35. The molecule has 1 aromatic carbocycles. The van der Waals surface area contributed by atoms with Crippen LogP contribution in [0.25, 0.3) is 0 Å². The van der Waals surface area contributed by atoms with Crippen molar-refractivity contribution >= 4 is 17.5 Å². The van der Waals surface area contributed by atoms with Gasteiger partial charge in [0, 0.05) is 6.20 Å². The molecule has 3 rings (SSSR count). The smallest absolute Gasteiger partial charge is 0.387 e. The number of nitrogens with one attached hydrogen (secondary N) is 1. The number of aliphatic hydroxyl groups excluding tert-OH is 1. The average Bonchev–Trinajstić information content (AvgIpc) is 3.17. The number of hydrogen-bond donors (Lipinski definition) is 3. The van der Waals surface area contributed by atoms with Crippen molar-refractivity contribution < 1.29 is 28.2 Å². The van der Waals surface area contributed by atoms with E-state index in [2.05, 4.69) is 10.3 Å². The number of carbonyl (C=O) groups is 1. The van der Waals surface area contributed by atoms with Crippen molar-refractivity contribution in [2.75, 3.05) is 14.1 Å². The normalized spacial score (nSPS) is 17.9. The van der Waals surface area contributed by atoms with Gasteiger partial charge in [-0.2, -0.15) is 13.2 Å². The fourth-order valence-electron chi connectivity index (χ4n) is 4.02. The maximum Gasteiger partial charge on any atom is 0.417 e. The van der Waals surface area contributed by atoms with Gasteiger partial charge in [0.25, 0.3) is 5.91 Å². The molecule has 1 fully saturated rings. The van der Waals surface area contributed by atoms with Crippen molar-refractivity contribution in [1.29, 1.82) is 0 Å². The zero-order valence-electron chi connectivity index (χ0n) is 17.7. The van der Waals surface area contributed by atoms with Crippen LogP contribution < -0.4 is 5.32 Å². The van der Waals surface area contributed by atoms with Crippen LogP contribution in [0.3, 0.4) is 0 Å². The van der Waals surface area contributed by atoms with Gasteiger partial charge >= 0.3 is 6.18 Å². The van der Waals surface area contributed by atoms with E-state index < -0.39 is 46.2 Å². The first kappa shape index (κ1) is 24.4. The standard InChI is InChI=1S/C22H25ClF3N3O3/c1-29(2)20(31)14-7-5-6-13(12-14)18(21(32)9-3-4-10-21)28-19(30)17-16(23)15(8-11-27-17)22(24,25)26/h5-8,11-12,18,20,31-32H,3-4,9-10H2,1-2H3,(H,28,30). The van der Waals surface area contributed by atoms with Crippen molar-refractivity contribution in [3.63, 3.8) is 0 Å². The second-order valence-electron chi connectivity index (χ2n) is 8.24. The first-order valence-electron chi connectivity index (χ1n) is 10.1. The lowest BCUT2D eigenvalue weighted by atomic mass is 9.86. The van der Waals surface area contributed by atoms with Crippen LogP contribution in [0.1, 0.15) is 65.1 Å². The van der Waals surface area contributed by atoms with Crippen LogP contribution >= 0.6 is 11.6 Å². The average molecular weight is 472 g/mol. The minimum Gasteiger partial charge on any atom is -0.387 e. The molecule has 1 aliphatic carbocycles. The fourth-order valence-corrected chi connectivity index (χ4v) is 4.33. The van der Waals surface area contributed by atoms with Crippen molar-refractivity contribution in [2.45, 2.75) is 49.7 Å². The van der Waals surface area contributed by atoms with Crippen molar-refractivity contribution in [3.8, 4) is 0 Å². The minimum atomic E-state index is -4.74. The number of carbonyl (C=O) groups excluding carboxylic acids is 1. The van der Waals surface area contributed by atoms with Gasteiger partial charge in [-0.3, -0.25) is 9.69 Å². The van der Waals surface area contributed by atoms with Crippen LogP contribution in [-0.2, 0) is 6.18 Å². The summed E-state index contributed by atoms with van der Waals surface area (Å²) in [5.41, 5.74) is -1.97. The molecule has 2 aromatic rings. The molecule has 1 heterocycles. The van der Waals surface area contributed by atoms with Gasteiger partial charge in [-0.15, -0.1) is 0 Å². The molecule has 0 spiro atoms. The quantitative estimate of drug-likeness (QED) is 0.553. The number of rotatable bonds is 6. The lowest BCUT2D eigenvalue weighted by molar-refractivity contribution is -0.137. The predicted molar refractivity (Wildman–Crippen MR) is 113 cm³/mol. The summed E-state index contributed by atoms with van der Waals surface area (Å²) in [6, 6.07) is 6.51. The molecular weight excluding hydrogens is 447 g/mol. The molecule has 10 heteroatoms. The molecule has 0 saturated heterocycles. The van der Waals surface area contributed by atoms with Gasteiger partial charge < -0.3 is 15.5 Å². The lowest BCUT2D eigenvalue weighted by Gasteiger charge is -2.34. The number of alkyl halides is 3. The maximum atomic E-state index is 13.2. The highest BCUT2D eigenvalue weighted by atomic mass is 35.5. The van der Waals surface area contributed by atoms with Gasteiger partial charge in [-0.1, -0.05) is 42.6 Å².